The van der Waals surface area contributed by atoms with Crippen LogP contribution >= 0.6 is 12.4 Å². The molecule has 3 N–H and O–H groups in total. The van der Waals surface area contributed by atoms with Gasteiger partial charge in [-0.2, -0.15) is 0 Å². The molecule has 1 unspecified atom stereocenters. The summed E-state index contributed by atoms with van der Waals surface area (Å²) in [4.78, 5) is 10.9. The molecular weight excluding hydrogens is 321 g/mol. The van der Waals surface area contributed by atoms with Crippen LogP contribution in [0.1, 0.15) is 13.3 Å². The molecule has 9 heteroatoms. The number of carbonyl (C=O) groups excluding carboxylic acids is 1. The Morgan fingerprint density at radius 2 is 2.14 bits per heavy atom. The van der Waals surface area contributed by atoms with E-state index in [4.69, 9.17) is 0 Å². The number of benzene rings is 1. The zero-order valence-corrected chi connectivity index (χ0v) is 13.0. The fourth-order valence-corrected chi connectivity index (χ4v) is 3.30. The summed E-state index contributed by atoms with van der Waals surface area (Å²) in [5, 5.41) is 5.31. The van der Waals surface area contributed by atoms with Crippen LogP contribution in [-0.2, 0) is 14.8 Å². The van der Waals surface area contributed by atoms with Gasteiger partial charge >= 0.3 is 0 Å². The Balaban J connectivity index is 0.00000220. The molecular formula is C12H17ClFN3O3S. The lowest BCUT2D eigenvalue weighted by molar-refractivity contribution is -0.114. The lowest BCUT2D eigenvalue weighted by Gasteiger charge is -2.13. The Morgan fingerprint density at radius 3 is 2.71 bits per heavy atom. The van der Waals surface area contributed by atoms with Crippen molar-refractivity contribution >= 4 is 34.0 Å². The Kier molecular flexibility index (Phi) is 6.09. The highest BCUT2D eigenvalue weighted by Gasteiger charge is 2.23. The molecule has 1 amide bonds. The summed E-state index contributed by atoms with van der Waals surface area (Å²) in [5.74, 6) is -1.15. The van der Waals surface area contributed by atoms with Crippen molar-refractivity contribution in [3.8, 4) is 0 Å². The normalized spacial score (nSPS) is 18.1. The van der Waals surface area contributed by atoms with Crippen molar-refractivity contribution in [2.45, 2.75) is 24.3 Å². The molecule has 0 radical (unpaired) electrons. The highest BCUT2D eigenvalue weighted by Crippen LogP contribution is 2.20. The van der Waals surface area contributed by atoms with Crippen molar-refractivity contribution in [1.29, 1.82) is 0 Å². The van der Waals surface area contributed by atoms with Crippen LogP contribution in [0, 0.1) is 5.82 Å². The predicted molar refractivity (Wildman–Crippen MR) is 79.5 cm³/mol. The summed E-state index contributed by atoms with van der Waals surface area (Å²) in [6.07, 6.45) is 0.707. The molecule has 1 aromatic rings. The SMILES string of the molecule is CC(=O)Nc1cc(S(=O)(=O)NC2CCNC2)ccc1F.Cl. The third-order valence-corrected chi connectivity index (χ3v) is 4.46. The lowest BCUT2D eigenvalue weighted by atomic mass is 10.3. The first-order valence-electron chi connectivity index (χ1n) is 6.19. The molecule has 6 nitrogen and oxygen atoms in total. The van der Waals surface area contributed by atoms with Crippen LogP contribution in [0.4, 0.5) is 10.1 Å². The molecule has 0 aromatic heterocycles. The third-order valence-electron chi connectivity index (χ3n) is 2.94. The van der Waals surface area contributed by atoms with Crippen molar-refractivity contribution in [2.24, 2.45) is 0 Å². The maximum atomic E-state index is 13.5. The van der Waals surface area contributed by atoms with Gasteiger partial charge in [0.25, 0.3) is 0 Å². The van der Waals surface area contributed by atoms with E-state index in [9.17, 15) is 17.6 Å². The number of hydrogen-bond donors (Lipinski definition) is 3. The fraction of sp³-hybridized carbons (Fsp3) is 0.417. The van der Waals surface area contributed by atoms with Gasteiger partial charge in [-0.3, -0.25) is 4.79 Å². The zero-order valence-electron chi connectivity index (χ0n) is 11.3. The van der Waals surface area contributed by atoms with Crippen LogP contribution in [0.25, 0.3) is 0 Å². The van der Waals surface area contributed by atoms with Crippen LogP contribution < -0.4 is 15.4 Å². The molecule has 1 fully saturated rings. The van der Waals surface area contributed by atoms with Gasteiger partial charge in [-0.15, -0.1) is 12.4 Å². The number of sulfonamides is 1. The van der Waals surface area contributed by atoms with Gasteiger partial charge in [0.05, 0.1) is 10.6 Å². The standard InChI is InChI=1S/C12H16FN3O3S.ClH/c1-8(17)15-12-6-10(2-3-11(12)13)20(18,19)16-9-4-5-14-7-9;/h2-3,6,9,14,16H,4-5,7H2,1H3,(H,15,17);1H. The number of rotatable bonds is 4. The van der Waals surface area contributed by atoms with Crippen LogP contribution in [-0.4, -0.2) is 33.5 Å². The largest absolute Gasteiger partial charge is 0.324 e. The molecule has 0 bridgehead atoms. The summed E-state index contributed by atoms with van der Waals surface area (Å²) in [7, 11) is -3.73. The van der Waals surface area contributed by atoms with Crippen molar-refractivity contribution in [3.63, 3.8) is 0 Å². The number of amides is 1. The second kappa shape index (κ2) is 7.17. The van der Waals surface area contributed by atoms with Gasteiger partial charge < -0.3 is 10.6 Å². The van der Waals surface area contributed by atoms with Crippen LogP contribution in [0.15, 0.2) is 23.1 Å². The topological polar surface area (TPSA) is 87.3 Å². The monoisotopic (exact) mass is 337 g/mol. The quantitative estimate of drug-likeness (QED) is 0.760. The first-order chi connectivity index (χ1) is 9.38. The second-order valence-electron chi connectivity index (χ2n) is 4.63. The fourth-order valence-electron chi connectivity index (χ4n) is 2.00. The molecule has 1 atom stereocenters. The molecule has 0 aliphatic carbocycles. The van der Waals surface area contributed by atoms with E-state index in [1.807, 2.05) is 0 Å². The summed E-state index contributed by atoms with van der Waals surface area (Å²) < 4.78 is 40.4. The van der Waals surface area contributed by atoms with E-state index in [0.717, 1.165) is 18.7 Å². The molecule has 2 rings (SSSR count). The minimum Gasteiger partial charge on any atom is -0.324 e. The summed E-state index contributed by atoms with van der Waals surface area (Å²) >= 11 is 0. The highest BCUT2D eigenvalue weighted by atomic mass is 35.5. The van der Waals surface area contributed by atoms with Crippen molar-refractivity contribution < 1.29 is 17.6 Å². The number of halogens is 2. The highest BCUT2D eigenvalue weighted by molar-refractivity contribution is 7.89. The average molecular weight is 338 g/mol. The molecule has 1 aromatic carbocycles. The van der Waals surface area contributed by atoms with Crippen molar-refractivity contribution in [1.82, 2.24) is 10.0 Å². The number of carbonyl (C=O) groups is 1. The van der Waals surface area contributed by atoms with E-state index in [0.29, 0.717) is 13.0 Å². The second-order valence-corrected chi connectivity index (χ2v) is 6.35. The van der Waals surface area contributed by atoms with E-state index < -0.39 is 21.7 Å². The van der Waals surface area contributed by atoms with E-state index in [1.165, 1.54) is 13.0 Å². The van der Waals surface area contributed by atoms with Gasteiger partial charge in [-0.25, -0.2) is 17.5 Å². The lowest BCUT2D eigenvalue weighted by Crippen LogP contribution is -2.36. The van der Waals surface area contributed by atoms with Gasteiger partial charge in [-0.1, -0.05) is 0 Å². The van der Waals surface area contributed by atoms with E-state index in [1.54, 1.807) is 0 Å². The zero-order chi connectivity index (χ0) is 14.8. The molecule has 0 spiro atoms. The molecule has 1 saturated heterocycles. The maximum absolute atomic E-state index is 13.5. The smallest absolute Gasteiger partial charge is 0.240 e. The number of hydrogen-bond acceptors (Lipinski definition) is 4. The molecule has 1 aliphatic heterocycles. The average Bonchev–Trinajstić information content (AvgIpc) is 2.83. The summed E-state index contributed by atoms with van der Waals surface area (Å²) in [6.45, 7) is 2.55. The van der Waals surface area contributed by atoms with E-state index >= 15 is 0 Å². The van der Waals surface area contributed by atoms with Gasteiger partial charge in [0.15, 0.2) is 0 Å². The van der Waals surface area contributed by atoms with Gasteiger partial charge in [-0.05, 0) is 31.2 Å². The van der Waals surface area contributed by atoms with Crippen LogP contribution in [0.3, 0.4) is 0 Å². The van der Waals surface area contributed by atoms with Crippen LogP contribution in [0.2, 0.25) is 0 Å². The van der Waals surface area contributed by atoms with Crippen molar-refractivity contribution in [2.75, 3.05) is 18.4 Å². The molecule has 118 valence electrons. The Morgan fingerprint density at radius 1 is 1.43 bits per heavy atom. The number of anilines is 1. The third kappa shape index (κ3) is 4.63. The van der Waals surface area contributed by atoms with Crippen molar-refractivity contribution in [3.05, 3.63) is 24.0 Å². The Labute approximate surface area is 129 Å². The van der Waals surface area contributed by atoms with E-state index in [2.05, 4.69) is 15.4 Å². The van der Waals surface area contributed by atoms with Gasteiger partial charge in [0, 0.05) is 19.5 Å². The minimum atomic E-state index is -3.73. The first-order valence-corrected chi connectivity index (χ1v) is 7.67. The summed E-state index contributed by atoms with van der Waals surface area (Å²) in [5.41, 5.74) is -0.148. The number of nitrogens with one attached hydrogen (secondary N) is 3. The summed E-state index contributed by atoms with van der Waals surface area (Å²) in [6, 6.07) is 3.13. The Bertz CT molecular complexity index is 618. The van der Waals surface area contributed by atoms with Gasteiger partial charge in [0.1, 0.15) is 5.82 Å². The first kappa shape index (κ1) is 17.8. The molecule has 1 aliphatic rings. The minimum absolute atomic E-state index is 0. The van der Waals surface area contributed by atoms with Crippen LogP contribution in [0.5, 0.6) is 0 Å². The van der Waals surface area contributed by atoms with Gasteiger partial charge in [0.2, 0.25) is 15.9 Å². The Hall–Kier alpha value is -1.22. The molecule has 21 heavy (non-hydrogen) atoms. The molecule has 0 saturated carbocycles. The maximum Gasteiger partial charge on any atom is 0.240 e. The predicted octanol–water partition coefficient (Wildman–Crippen LogP) is 0.846. The van der Waals surface area contributed by atoms with E-state index in [-0.39, 0.29) is 29.0 Å². The molecule has 1 heterocycles.